The summed E-state index contributed by atoms with van der Waals surface area (Å²) in [5.41, 5.74) is 7.28. The molecule has 1 aromatic rings. The van der Waals surface area contributed by atoms with Gasteiger partial charge in [-0.3, -0.25) is 9.59 Å². The Labute approximate surface area is 132 Å². The van der Waals surface area contributed by atoms with Crippen molar-refractivity contribution >= 4 is 33.4 Å². The maximum absolute atomic E-state index is 11.8. The number of benzene rings is 1. The molecular weight excluding hydrogens is 338 g/mol. The number of nitrogens with two attached hydrogens (primary N) is 1. The number of hydrogen-bond donors (Lipinski definition) is 3. The normalized spacial score (nSPS) is 11.8. The number of aryl methyl sites for hydroxylation is 1. The van der Waals surface area contributed by atoms with Crippen molar-refractivity contribution in [3.8, 4) is 0 Å². The summed E-state index contributed by atoms with van der Waals surface area (Å²) in [5.74, 6) is -0.495. The topological polar surface area (TPSA) is 93.4 Å². The first-order valence-electron chi connectivity index (χ1n) is 6.52. The number of nitrogens with one attached hydrogen (secondary N) is 2. The van der Waals surface area contributed by atoms with E-state index in [9.17, 15) is 9.59 Å². The second kappa shape index (κ2) is 8.76. The summed E-state index contributed by atoms with van der Waals surface area (Å²) >= 11 is 3.36. The van der Waals surface area contributed by atoms with Gasteiger partial charge in [0.2, 0.25) is 11.8 Å². The number of carbonyl (C=O) groups is 2. The highest BCUT2D eigenvalue weighted by molar-refractivity contribution is 9.10. The van der Waals surface area contributed by atoms with Crippen LogP contribution in [0.4, 0.5) is 5.69 Å². The maximum Gasteiger partial charge on any atom is 0.239 e. The Morgan fingerprint density at radius 1 is 1.43 bits per heavy atom. The van der Waals surface area contributed by atoms with Gasteiger partial charge in [0, 0.05) is 30.2 Å². The molecule has 0 aliphatic carbocycles. The van der Waals surface area contributed by atoms with Gasteiger partial charge in [-0.25, -0.2) is 0 Å². The molecule has 0 aliphatic heterocycles. The van der Waals surface area contributed by atoms with E-state index in [-0.39, 0.29) is 31.4 Å². The van der Waals surface area contributed by atoms with Crippen LogP contribution in [0, 0.1) is 6.92 Å². The minimum absolute atomic E-state index is 0.149. The highest BCUT2D eigenvalue weighted by Crippen LogP contribution is 2.19. The molecule has 7 heteroatoms. The van der Waals surface area contributed by atoms with Gasteiger partial charge in [0.05, 0.1) is 6.61 Å². The van der Waals surface area contributed by atoms with Crippen molar-refractivity contribution < 1.29 is 14.3 Å². The monoisotopic (exact) mass is 357 g/mol. The molecule has 1 unspecified atom stereocenters. The van der Waals surface area contributed by atoms with Crippen LogP contribution in [0.2, 0.25) is 0 Å². The van der Waals surface area contributed by atoms with E-state index in [0.29, 0.717) is 0 Å². The van der Waals surface area contributed by atoms with Crippen molar-refractivity contribution in [1.82, 2.24) is 5.32 Å². The minimum atomic E-state index is -0.716. The number of rotatable bonds is 7. The second-order valence-corrected chi connectivity index (χ2v) is 5.53. The van der Waals surface area contributed by atoms with Crippen molar-refractivity contribution in [3.05, 3.63) is 28.2 Å². The van der Waals surface area contributed by atoms with Gasteiger partial charge in [-0.05, 0) is 30.7 Å². The van der Waals surface area contributed by atoms with Crippen LogP contribution in [-0.4, -0.2) is 38.1 Å². The molecule has 0 aliphatic rings. The van der Waals surface area contributed by atoms with E-state index >= 15 is 0 Å². The van der Waals surface area contributed by atoms with E-state index in [0.717, 1.165) is 15.7 Å². The Morgan fingerprint density at radius 2 is 2.14 bits per heavy atom. The minimum Gasteiger partial charge on any atom is -0.383 e. The number of halogens is 1. The molecule has 1 atom stereocenters. The average Bonchev–Trinajstić information content (AvgIpc) is 2.42. The molecule has 2 amide bonds. The Bertz CT molecular complexity index is 508. The lowest BCUT2D eigenvalue weighted by Gasteiger charge is -2.12. The third-order valence-electron chi connectivity index (χ3n) is 2.80. The number of anilines is 1. The van der Waals surface area contributed by atoms with Crippen molar-refractivity contribution in [1.29, 1.82) is 0 Å². The molecule has 0 radical (unpaired) electrons. The number of hydrogen-bond acceptors (Lipinski definition) is 4. The van der Waals surface area contributed by atoms with Crippen LogP contribution in [0.3, 0.4) is 0 Å². The van der Waals surface area contributed by atoms with Gasteiger partial charge in [-0.1, -0.05) is 15.9 Å². The van der Waals surface area contributed by atoms with Crippen LogP contribution < -0.4 is 16.4 Å². The SMILES string of the molecule is COCC(N)C(=O)NCCC(=O)Nc1ccc(Br)cc1C. The Balaban J connectivity index is 2.36. The third kappa shape index (κ3) is 6.24. The lowest BCUT2D eigenvalue weighted by molar-refractivity contribution is -0.123. The quantitative estimate of drug-likeness (QED) is 0.682. The van der Waals surface area contributed by atoms with E-state index in [2.05, 4.69) is 26.6 Å². The fraction of sp³-hybridized carbons (Fsp3) is 0.429. The van der Waals surface area contributed by atoms with Gasteiger partial charge in [0.15, 0.2) is 0 Å². The van der Waals surface area contributed by atoms with Crippen LogP contribution in [0.1, 0.15) is 12.0 Å². The number of ether oxygens (including phenoxy) is 1. The molecule has 4 N–H and O–H groups in total. The summed E-state index contributed by atoms with van der Waals surface area (Å²) in [6.45, 7) is 2.29. The molecule has 0 heterocycles. The van der Waals surface area contributed by atoms with Crippen LogP contribution in [0.15, 0.2) is 22.7 Å². The standard InChI is InChI=1S/C14H20BrN3O3/c1-9-7-10(15)3-4-12(9)18-13(19)5-6-17-14(20)11(16)8-21-2/h3-4,7,11H,5-6,8,16H2,1-2H3,(H,17,20)(H,18,19). The van der Waals surface area contributed by atoms with Crippen LogP contribution >= 0.6 is 15.9 Å². The molecule has 0 bridgehead atoms. The zero-order valence-corrected chi connectivity index (χ0v) is 13.7. The van der Waals surface area contributed by atoms with Crippen molar-refractivity contribution in [2.24, 2.45) is 5.73 Å². The van der Waals surface area contributed by atoms with E-state index in [1.165, 1.54) is 7.11 Å². The Kier molecular flexibility index (Phi) is 7.35. The van der Waals surface area contributed by atoms with Gasteiger partial charge in [-0.15, -0.1) is 0 Å². The Morgan fingerprint density at radius 3 is 2.76 bits per heavy atom. The lowest BCUT2D eigenvalue weighted by atomic mass is 10.2. The summed E-state index contributed by atoms with van der Waals surface area (Å²) in [6, 6.07) is 4.88. The van der Waals surface area contributed by atoms with Gasteiger partial charge >= 0.3 is 0 Å². The molecule has 116 valence electrons. The fourth-order valence-corrected chi connectivity index (χ4v) is 2.14. The zero-order chi connectivity index (χ0) is 15.8. The summed E-state index contributed by atoms with van der Waals surface area (Å²) < 4.78 is 5.74. The summed E-state index contributed by atoms with van der Waals surface area (Å²) in [4.78, 5) is 23.3. The molecule has 1 rings (SSSR count). The number of carbonyl (C=O) groups excluding carboxylic acids is 2. The molecule has 6 nitrogen and oxygen atoms in total. The van der Waals surface area contributed by atoms with E-state index in [4.69, 9.17) is 10.5 Å². The molecule has 0 aromatic heterocycles. The van der Waals surface area contributed by atoms with Gasteiger partial charge in [0.1, 0.15) is 6.04 Å². The highest BCUT2D eigenvalue weighted by Gasteiger charge is 2.13. The van der Waals surface area contributed by atoms with Gasteiger partial charge < -0.3 is 21.1 Å². The first-order chi connectivity index (χ1) is 9.93. The first kappa shape index (κ1) is 17.6. The molecular formula is C14H20BrN3O3. The van der Waals surface area contributed by atoms with Crippen molar-refractivity contribution in [2.45, 2.75) is 19.4 Å². The van der Waals surface area contributed by atoms with Crippen LogP contribution in [0.25, 0.3) is 0 Å². The van der Waals surface area contributed by atoms with E-state index < -0.39 is 6.04 Å². The van der Waals surface area contributed by atoms with Gasteiger partial charge in [0.25, 0.3) is 0 Å². The summed E-state index contributed by atoms with van der Waals surface area (Å²) in [7, 11) is 1.47. The molecule has 21 heavy (non-hydrogen) atoms. The maximum atomic E-state index is 11.8. The summed E-state index contributed by atoms with van der Waals surface area (Å²) in [6.07, 6.45) is 0.181. The number of methoxy groups -OCH3 is 1. The number of amides is 2. The highest BCUT2D eigenvalue weighted by atomic mass is 79.9. The van der Waals surface area contributed by atoms with Crippen LogP contribution in [-0.2, 0) is 14.3 Å². The third-order valence-corrected chi connectivity index (χ3v) is 3.29. The molecule has 0 spiro atoms. The van der Waals surface area contributed by atoms with E-state index in [1.807, 2.05) is 25.1 Å². The van der Waals surface area contributed by atoms with Crippen molar-refractivity contribution in [3.63, 3.8) is 0 Å². The van der Waals surface area contributed by atoms with Crippen LogP contribution in [0.5, 0.6) is 0 Å². The fourth-order valence-electron chi connectivity index (χ4n) is 1.67. The molecule has 0 fully saturated rings. The Hall–Kier alpha value is -1.44. The average molecular weight is 358 g/mol. The van der Waals surface area contributed by atoms with Crippen molar-refractivity contribution in [2.75, 3.05) is 25.6 Å². The molecule has 0 saturated carbocycles. The predicted octanol–water partition coefficient (Wildman–Crippen LogP) is 1.18. The predicted molar refractivity (Wildman–Crippen MR) is 85.0 cm³/mol. The lowest BCUT2D eigenvalue weighted by Crippen LogP contribution is -2.44. The molecule has 1 aromatic carbocycles. The van der Waals surface area contributed by atoms with E-state index in [1.54, 1.807) is 0 Å². The first-order valence-corrected chi connectivity index (χ1v) is 7.31. The smallest absolute Gasteiger partial charge is 0.239 e. The second-order valence-electron chi connectivity index (χ2n) is 4.61. The zero-order valence-electron chi connectivity index (χ0n) is 12.1. The van der Waals surface area contributed by atoms with Gasteiger partial charge in [-0.2, -0.15) is 0 Å². The largest absolute Gasteiger partial charge is 0.383 e. The summed E-state index contributed by atoms with van der Waals surface area (Å²) in [5, 5.41) is 5.39. The molecule has 0 saturated heterocycles.